The van der Waals surface area contributed by atoms with Crippen LogP contribution in [0.15, 0.2) is 11.8 Å². The highest BCUT2D eigenvalue weighted by atomic mass is 16.8. The lowest BCUT2D eigenvalue weighted by molar-refractivity contribution is -0.157. The standard InChI is InChI=1S/C15H21NO3/c1-15(2)18-13-9-7-10(14(13)19-15)12(17)11(9)8-16-5-3-4-6-16/h8-10,13-14H,3-7H2,1-2H3/b11-8+/t9-,10+,13-,14+/m1/s1. The van der Waals surface area contributed by atoms with E-state index in [1.165, 1.54) is 12.8 Å². The van der Waals surface area contributed by atoms with Gasteiger partial charge in [-0.2, -0.15) is 0 Å². The van der Waals surface area contributed by atoms with Gasteiger partial charge in [0.2, 0.25) is 0 Å². The number of Topliss-reactive ketones (excluding diaryl/α,β-unsaturated/α-hetero) is 1. The van der Waals surface area contributed by atoms with Crippen molar-refractivity contribution >= 4 is 5.78 Å². The minimum absolute atomic E-state index is 0.0109. The number of ether oxygens (including phenoxy) is 2. The number of carbonyl (C=O) groups excluding carboxylic acids is 1. The zero-order valence-corrected chi connectivity index (χ0v) is 11.6. The molecule has 4 nitrogen and oxygen atoms in total. The van der Waals surface area contributed by atoms with Gasteiger partial charge in [-0.1, -0.05) is 0 Å². The Morgan fingerprint density at radius 1 is 1.16 bits per heavy atom. The molecule has 4 heteroatoms. The molecule has 104 valence electrons. The maximum atomic E-state index is 12.5. The van der Waals surface area contributed by atoms with Crippen LogP contribution in [0.25, 0.3) is 0 Å². The Hall–Kier alpha value is -0.870. The molecule has 0 unspecified atom stereocenters. The van der Waals surface area contributed by atoms with Crippen LogP contribution < -0.4 is 0 Å². The number of ketones is 1. The van der Waals surface area contributed by atoms with Crippen LogP contribution in [0.3, 0.4) is 0 Å². The van der Waals surface area contributed by atoms with Gasteiger partial charge in [0.15, 0.2) is 11.6 Å². The molecule has 2 aliphatic carbocycles. The molecule has 0 amide bonds. The summed E-state index contributed by atoms with van der Waals surface area (Å²) < 4.78 is 11.9. The van der Waals surface area contributed by atoms with E-state index in [0.717, 1.165) is 25.1 Å². The van der Waals surface area contributed by atoms with Crippen LogP contribution in [0.1, 0.15) is 33.1 Å². The van der Waals surface area contributed by atoms with E-state index in [2.05, 4.69) is 11.1 Å². The highest BCUT2D eigenvalue weighted by Gasteiger charge is 2.62. The van der Waals surface area contributed by atoms with Gasteiger partial charge in [0.25, 0.3) is 0 Å². The Labute approximate surface area is 113 Å². The number of nitrogens with zero attached hydrogens (tertiary/aromatic N) is 1. The van der Waals surface area contributed by atoms with Gasteiger partial charge >= 0.3 is 0 Å². The van der Waals surface area contributed by atoms with Crippen molar-refractivity contribution in [2.75, 3.05) is 13.1 Å². The SMILES string of the molecule is CC1(C)O[C@@H]2[C@H](O1)[C@@H]1C[C@H]2C(=O)/C1=C/N1CCCC1. The smallest absolute Gasteiger partial charge is 0.166 e. The molecule has 2 aliphatic heterocycles. The first-order chi connectivity index (χ1) is 9.05. The largest absolute Gasteiger partial charge is 0.377 e. The van der Waals surface area contributed by atoms with Gasteiger partial charge in [0.05, 0.1) is 18.1 Å². The Kier molecular flexibility index (Phi) is 2.40. The molecule has 2 bridgehead atoms. The zero-order chi connectivity index (χ0) is 13.2. The fraction of sp³-hybridized carbons (Fsp3) is 0.800. The molecule has 19 heavy (non-hydrogen) atoms. The van der Waals surface area contributed by atoms with Crippen molar-refractivity contribution in [1.82, 2.24) is 4.90 Å². The third-order valence-electron chi connectivity index (χ3n) is 4.95. The predicted octanol–water partition coefficient (Wildman–Crippen LogP) is 1.70. The van der Waals surface area contributed by atoms with E-state index in [1.807, 2.05) is 13.8 Å². The average Bonchev–Trinajstić information content (AvgIpc) is 3.03. The van der Waals surface area contributed by atoms with Crippen molar-refractivity contribution in [3.05, 3.63) is 11.8 Å². The van der Waals surface area contributed by atoms with Crippen LogP contribution in [0.4, 0.5) is 0 Å². The minimum atomic E-state index is -0.532. The van der Waals surface area contributed by atoms with Gasteiger partial charge in [-0.3, -0.25) is 4.79 Å². The zero-order valence-electron chi connectivity index (χ0n) is 11.6. The lowest BCUT2D eigenvalue weighted by Gasteiger charge is -2.24. The summed E-state index contributed by atoms with van der Waals surface area (Å²) >= 11 is 0. The molecule has 0 aromatic heterocycles. The van der Waals surface area contributed by atoms with Crippen LogP contribution in [0, 0.1) is 11.8 Å². The Morgan fingerprint density at radius 2 is 1.79 bits per heavy atom. The van der Waals surface area contributed by atoms with Gasteiger partial charge < -0.3 is 14.4 Å². The normalized spacial score (nSPS) is 45.5. The molecule has 0 aromatic carbocycles. The second-order valence-electron chi connectivity index (χ2n) is 6.71. The van der Waals surface area contributed by atoms with Crippen molar-refractivity contribution in [2.24, 2.45) is 11.8 Å². The van der Waals surface area contributed by atoms with Crippen molar-refractivity contribution in [2.45, 2.75) is 51.1 Å². The first kappa shape index (κ1) is 11.9. The number of carbonyl (C=O) groups is 1. The first-order valence-electron chi connectivity index (χ1n) is 7.41. The molecule has 0 aromatic rings. The van der Waals surface area contributed by atoms with Crippen molar-refractivity contribution in [3.8, 4) is 0 Å². The summed E-state index contributed by atoms with van der Waals surface area (Å²) in [5, 5.41) is 0. The Balaban J connectivity index is 1.61. The summed E-state index contributed by atoms with van der Waals surface area (Å²) in [7, 11) is 0. The highest BCUT2D eigenvalue weighted by Crippen LogP contribution is 2.53. The second kappa shape index (κ2) is 3.83. The van der Waals surface area contributed by atoms with E-state index in [-0.39, 0.29) is 24.0 Å². The fourth-order valence-electron chi connectivity index (χ4n) is 4.17. The average molecular weight is 263 g/mol. The topological polar surface area (TPSA) is 38.8 Å². The maximum absolute atomic E-state index is 12.5. The molecule has 0 N–H and O–H groups in total. The van der Waals surface area contributed by atoms with Crippen molar-refractivity contribution in [3.63, 3.8) is 0 Å². The molecule has 0 spiro atoms. The summed E-state index contributed by atoms with van der Waals surface area (Å²) in [4.78, 5) is 14.8. The van der Waals surface area contributed by atoms with Gasteiger partial charge in [-0.15, -0.1) is 0 Å². The number of hydrogen-bond acceptors (Lipinski definition) is 4. The molecule has 0 radical (unpaired) electrons. The van der Waals surface area contributed by atoms with E-state index >= 15 is 0 Å². The Bertz CT molecular complexity index is 450. The van der Waals surface area contributed by atoms with Gasteiger partial charge in [-0.25, -0.2) is 0 Å². The molecule has 2 saturated heterocycles. The van der Waals surface area contributed by atoms with E-state index in [9.17, 15) is 4.79 Å². The van der Waals surface area contributed by atoms with Crippen molar-refractivity contribution < 1.29 is 14.3 Å². The van der Waals surface area contributed by atoms with Gasteiger partial charge in [-0.05, 0) is 33.1 Å². The van der Waals surface area contributed by atoms with Crippen LogP contribution in [-0.2, 0) is 14.3 Å². The molecule has 4 aliphatic rings. The van der Waals surface area contributed by atoms with E-state index in [1.54, 1.807) is 0 Å². The molecule has 4 fully saturated rings. The first-order valence-corrected chi connectivity index (χ1v) is 7.41. The van der Waals surface area contributed by atoms with Crippen molar-refractivity contribution in [1.29, 1.82) is 0 Å². The number of likely N-dealkylation sites (tertiary alicyclic amines) is 1. The number of fused-ring (bicyclic) bond motifs is 5. The maximum Gasteiger partial charge on any atom is 0.166 e. The summed E-state index contributed by atoms with van der Waals surface area (Å²) in [5.74, 6) is 0.0604. The third kappa shape index (κ3) is 1.69. The lowest BCUT2D eigenvalue weighted by atomic mass is 9.89. The highest BCUT2D eigenvalue weighted by molar-refractivity contribution is 6.01. The van der Waals surface area contributed by atoms with Crippen LogP contribution in [-0.4, -0.2) is 41.8 Å². The predicted molar refractivity (Wildman–Crippen MR) is 69.3 cm³/mol. The molecular weight excluding hydrogens is 242 g/mol. The lowest BCUT2D eigenvalue weighted by Crippen LogP contribution is -2.36. The molecule has 4 atom stereocenters. The molecular formula is C15H21NO3. The summed E-state index contributed by atoms with van der Waals surface area (Å²) in [5.41, 5.74) is 0.995. The van der Waals surface area contributed by atoms with Crippen LogP contribution in [0.2, 0.25) is 0 Å². The monoisotopic (exact) mass is 263 g/mol. The summed E-state index contributed by atoms with van der Waals surface area (Å²) in [6.45, 7) is 6.06. The summed E-state index contributed by atoms with van der Waals surface area (Å²) in [6, 6.07) is 0. The quantitative estimate of drug-likeness (QED) is 0.675. The third-order valence-corrected chi connectivity index (χ3v) is 4.95. The van der Waals surface area contributed by atoms with Crippen LogP contribution >= 0.6 is 0 Å². The number of rotatable bonds is 1. The van der Waals surface area contributed by atoms with Gasteiger partial charge in [0.1, 0.15) is 0 Å². The Morgan fingerprint density at radius 3 is 2.47 bits per heavy atom. The molecule has 2 heterocycles. The fourth-order valence-corrected chi connectivity index (χ4v) is 4.17. The molecule has 2 saturated carbocycles. The summed E-state index contributed by atoms with van der Waals surface area (Å²) in [6.07, 6.45) is 5.60. The molecule has 4 rings (SSSR count). The second-order valence-corrected chi connectivity index (χ2v) is 6.71. The van der Waals surface area contributed by atoms with E-state index < -0.39 is 5.79 Å². The van der Waals surface area contributed by atoms with E-state index in [4.69, 9.17) is 9.47 Å². The number of hydrogen-bond donors (Lipinski definition) is 0. The van der Waals surface area contributed by atoms with Gasteiger partial charge in [0, 0.05) is 30.8 Å². The van der Waals surface area contributed by atoms with Crippen LogP contribution in [0.5, 0.6) is 0 Å². The minimum Gasteiger partial charge on any atom is -0.377 e. The van der Waals surface area contributed by atoms with E-state index in [0.29, 0.717) is 5.78 Å².